The van der Waals surface area contributed by atoms with E-state index < -0.39 is 5.97 Å². The van der Waals surface area contributed by atoms with Gasteiger partial charge in [-0.15, -0.1) is 0 Å². The minimum Gasteiger partial charge on any atom is -0.477 e. The highest BCUT2D eigenvalue weighted by molar-refractivity contribution is 5.94. The zero-order valence-corrected chi connectivity index (χ0v) is 10.3. The van der Waals surface area contributed by atoms with Gasteiger partial charge in [-0.05, 0) is 36.3 Å². The van der Waals surface area contributed by atoms with E-state index in [4.69, 9.17) is 0 Å². The molecule has 2 aliphatic heterocycles. The fourth-order valence-corrected chi connectivity index (χ4v) is 2.41. The van der Waals surface area contributed by atoms with Crippen molar-refractivity contribution in [2.45, 2.75) is 6.42 Å². The Kier molecular flexibility index (Phi) is 2.83. The third kappa shape index (κ3) is 2.01. The highest BCUT2D eigenvalue weighted by Crippen LogP contribution is 2.34. The van der Waals surface area contributed by atoms with Crippen LogP contribution in [0.3, 0.4) is 0 Å². The number of fused-ring (bicyclic) bond motifs is 1. The molecule has 0 saturated carbocycles. The number of anilines is 1. The molecule has 0 amide bonds. The fourth-order valence-electron chi connectivity index (χ4n) is 2.41. The number of hydrogen-bond donors (Lipinski definition) is 2. The van der Waals surface area contributed by atoms with Gasteiger partial charge in [-0.3, -0.25) is 0 Å². The Labute approximate surface area is 111 Å². The molecule has 0 fully saturated rings. The molecule has 1 aromatic carbocycles. The maximum absolute atomic E-state index is 11.4. The number of hydrogen-bond acceptors (Lipinski definition) is 3. The standard InChI is InChI=1S/C15H14N2O2/c18-15(19)14-7-6-11-10-16-9-8-13(11)17(14)12-4-2-1-3-5-12/h1-5,7-8,10,16H,6,9H2,(H,18,19). The molecule has 1 aromatic rings. The molecule has 0 unspecified atom stereocenters. The molecule has 0 spiro atoms. The second-order valence-corrected chi connectivity index (χ2v) is 4.44. The van der Waals surface area contributed by atoms with Crippen LogP contribution in [0.1, 0.15) is 6.42 Å². The van der Waals surface area contributed by atoms with Crippen LogP contribution in [-0.4, -0.2) is 17.6 Å². The molecule has 0 aromatic heterocycles. The Bertz CT molecular complexity index is 598. The van der Waals surface area contributed by atoms with Crippen LogP contribution in [0.15, 0.2) is 65.7 Å². The van der Waals surface area contributed by atoms with Gasteiger partial charge < -0.3 is 15.3 Å². The molecule has 2 N–H and O–H groups in total. The number of carboxylic acid groups (broad SMARTS) is 1. The Balaban J connectivity index is 2.12. The van der Waals surface area contributed by atoms with Crippen LogP contribution in [0.25, 0.3) is 0 Å². The fraction of sp³-hybridized carbons (Fsp3) is 0.133. The van der Waals surface area contributed by atoms with Crippen molar-refractivity contribution in [1.29, 1.82) is 0 Å². The molecule has 19 heavy (non-hydrogen) atoms. The number of carbonyl (C=O) groups is 1. The first-order chi connectivity index (χ1) is 9.27. The predicted molar refractivity (Wildman–Crippen MR) is 73.4 cm³/mol. The summed E-state index contributed by atoms with van der Waals surface area (Å²) in [6.45, 7) is 0.717. The topological polar surface area (TPSA) is 52.6 Å². The van der Waals surface area contributed by atoms with Crippen LogP contribution in [-0.2, 0) is 4.79 Å². The van der Waals surface area contributed by atoms with Gasteiger partial charge in [0.1, 0.15) is 5.70 Å². The largest absolute Gasteiger partial charge is 0.477 e. The zero-order valence-electron chi connectivity index (χ0n) is 10.3. The van der Waals surface area contributed by atoms with E-state index in [1.54, 1.807) is 11.0 Å². The molecule has 3 rings (SSSR count). The van der Waals surface area contributed by atoms with Gasteiger partial charge in [0.05, 0.1) is 0 Å². The van der Waals surface area contributed by atoms with E-state index in [0.717, 1.165) is 23.5 Å². The maximum Gasteiger partial charge on any atom is 0.352 e. The van der Waals surface area contributed by atoms with Gasteiger partial charge in [-0.2, -0.15) is 0 Å². The van der Waals surface area contributed by atoms with E-state index in [9.17, 15) is 9.90 Å². The molecule has 0 saturated heterocycles. The minimum absolute atomic E-state index is 0.316. The van der Waals surface area contributed by atoms with Crippen molar-refractivity contribution in [1.82, 2.24) is 5.32 Å². The third-order valence-electron chi connectivity index (χ3n) is 3.25. The molecule has 96 valence electrons. The molecule has 2 heterocycles. The van der Waals surface area contributed by atoms with Crippen molar-refractivity contribution in [3.05, 3.63) is 65.7 Å². The summed E-state index contributed by atoms with van der Waals surface area (Å²) >= 11 is 0. The first-order valence-corrected chi connectivity index (χ1v) is 6.19. The maximum atomic E-state index is 11.4. The quantitative estimate of drug-likeness (QED) is 0.849. The van der Waals surface area contributed by atoms with Crippen LogP contribution in [0.2, 0.25) is 0 Å². The van der Waals surface area contributed by atoms with E-state index in [0.29, 0.717) is 12.1 Å². The second kappa shape index (κ2) is 4.65. The van der Waals surface area contributed by atoms with Gasteiger partial charge in [-0.25, -0.2) is 4.79 Å². The number of para-hydroxylation sites is 1. The van der Waals surface area contributed by atoms with E-state index in [1.807, 2.05) is 42.6 Å². The number of nitrogens with one attached hydrogen (secondary N) is 1. The van der Waals surface area contributed by atoms with E-state index in [1.165, 1.54) is 0 Å². The summed E-state index contributed by atoms with van der Waals surface area (Å²) in [5.41, 5.74) is 3.26. The second-order valence-electron chi connectivity index (χ2n) is 4.44. The number of carboxylic acids is 1. The normalized spacial score (nSPS) is 17.7. The van der Waals surface area contributed by atoms with Gasteiger partial charge in [0.25, 0.3) is 0 Å². The van der Waals surface area contributed by atoms with E-state index in [2.05, 4.69) is 5.32 Å². The first kappa shape index (κ1) is 11.6. The summed E-state index contributed by atoms with van der Waals surface area (Å²) in [5, 5.41) is 12.5. The highest BCUT2D eigenvalue weighted by Gasteiger charge is 2.28. The van der Waals surface area contributed by atoms with Crippen LogP contribution < -0.4 is 10.2 Å². The van der Waals surface area contributed by atoms with Gasteiger partial charge in [-0.1, -0.05) is 18.2 Å². The van der Waals surface area contributed by atoms with E-state index >= 15 is 0 Å². The monoisotopic (exact) mass is 254 g/mol. The molecule has 0 radical (unpaired) electrons. The summed E-state index contributed by atoms with van der Waals surface area (Å²) < 4.78 is 0. The van der Waals surface area contributed by atoms with Gasteiger partial charge in [0.2, 0.25) is 0 Å². The third-order valence-corrected chi connectivity index (χ3v) is 3.25. The summed E-state index contributed by atoms with van der Waals surface area (Å²) in [6, 6.07) is 9.58. The number of benzene rings is 1. The summed E-state index contributed by atoms with van der Waals surface area (Å²) in [7, 11) is 0. The van der Waals surface area contributed by atoms with Gasteiger partial charge >= 0.3 is 5.97 Å². The Morgan fingerprint density at radius 2 is 2.00 bits per heavy atom. The van der Waals surface area contributed by atoms with Gasteiger partial charge in [0, 0.05) is 24.1 Å². The lowest BCUT2D eigenvalue weighted by atomic mass is 9.99. The number of dihydropyridines is 1. The smallest absolute Gasteiger partial charge is 0.352 e. The Morgan fingerprint density at radius 1 is 1.21 bits per heavy atom. The molecule has 0 bridgehead atoms. The molecular weight excluding hydrogens is 240 g/mol. The number of rotatable bonds is 2. The summed E-state index contributed by atoms with van der Waals surface area (Å²) in [5.74, 6) is -0.901. The van der Waals surface area contributed by atoms with Gasteiger partial charge in [0.15, 0.2) is 0 Å². The van der Waals surface area contributed by atoms with Crippen molar-refractivity contribution in [3.63, 3.8) is 0 Å². The molecule has 0 atom stereocenters. The minimum atomic E-state index is -0.901. The molecule has 4 nitrogen and oxygen atoms in total. The summed E-state index contributed by atoms with van der Waals surface area (Å²) in [6.07, 6.45) is 6.38. The number of nitrogens with zero attached hydrogens (tertiary/aromatic N) is 1. The lowest BCUT2D eigenvalue weighted by Crippen LogP contribution is -2.33. The molecule has 2 aliphatic rings. The average molecular weight is 254 g/mol. The predicted octanol–water partition coefficient (Wildman–Crippen LogP) is 2.24. The Hall–Kier alpha value is -2.49. The van der Waals surface area contributed by atoms with Crippen LogP contribution in [0.4, 0.5) is 5.69 Å². The molecule has 0 aliphatic carbocycles. The highest BCUT2D eigenvalue weighted by atomic mass is 16.4. The van der Waals surface area contributed by atoms with Crippen molar-refractivity contribution in [2.75, 3.05) is 11.4 Å². The lowest BCUT2D eigenvalue weighted by Gasteiger charge is -2.34. The van der Waals surface area contributed by atoms with Crippen molar-refractivity contribution >= 4 is 11.7 Å². The average Bonchev–Trinajstić information content (AvgIpc) is 2.46. The van der Waals surface area contributed by atoms with Crippen LogP contribution in [0.5, 0.6) is 0 Å². The van der Waals surface area contributed by atoms with Crippen LogP contribution in [0, 0.1) is 0 Å². The molecule has 4 heteroatoms. The Morgan fingerprint density at radius 3 is 2.74 bits per heavy atom. The number of allylic oxidation sites excluding steroid dienone is 2. The van der Waals surface area contributed by atoms with Crippen molar-refractivity contribution < 1.29 is 9.90 Å². The van der Waals surface area contributed by atoms with Crippen molar-refractivity contribution in [3.8, 4) is 0 Å². The summed E-state index contributed by atoms with van der Waals surface area (Å²) in [4.78, 5) is 13.2. The zero-order chi connectivity index (χ0) is 13.2. The van der Waals surface area contributed by atoms with Crippen LogP contribution >= 0.6 is 0 Å². The molecular formula is C15H14N2O2. The number of aliphatic carboxylic acids is 1. The van der Waals surface area contributed by atoms with Crippen molar-refractivity contribution in [2.24, 2.45) is 0 Å². The SMILES string of the molecule is O=C(O)C1=CCC2=CNCC=C2N1c1ccccc1. The first-order valence-electron chi connectivity index (χ1n) is 6.19. The lowest BCUT2D eigenvalue weighted by molar-refractivity contribution is -0.132. The van der Waals surface area contributed by atoms with E-state index in [-0.39, 0.29) is 0 Å².